The molecule has 0 bridgehead atoms. The minimum atomic E-state index is -4.26. The van der Waals surface area contributed by atoms with Crippen LogP contribution in [0.25, 0.3) is 0 Å². The standard InChI is InChI=1S/C14H21F3N2O/c1-2-7-19(8-9-20-11-14(15,16)17)10-12-5-3-4-6-13(12)18/h3-6H,2,7-11,18H2,1H3. The molecule has 0 unspecified atom stereocenters. The van der Waals surface area contributed by atoms with E-state index in [0.717, 1.165) is 18.5 Å². The van der Waals surface area contributed by atoms with Crippen molar-refractivity contribution in [2.24, 2.45) is 0 Å². The van der Waals surface area contributed by atoms with Gasteiger partial charge in [0.05, 0.1) is 6.61 Å². The van der Waals surface area contributed by atoms with E-state index in [9.17, 15) is 13.2 Å². The predicted molar refractivity (Wildman–Crippen MR) is 73.3 cm³/mol. The van der Waals surface area contributed by atoms with Gasteiger partial charge >= 0.3 is 6.18 Å². The summed E-state index contributed by atoms with van der Waals surface area (Å²) in [5.41, 5.74) is 7.55. The maximum Gasteiger partial charge on any atom is 0.411 e. The maximum absolute atomic E-state index is 12.0. The Morgan fingerprint density at radius 2 is 1.90 bits per heavy atom. The SMILES string of the molecule is CCCN(CCOCC(F)(F)F)Cc1ccccc1N. The molecular weight excluding hydrogens is 269 g/mol. The van der Waals surface area contributed by atoms with Crippen LogP contribution >= 0.6 is 0 Å². The van der Waals surface area contributed by atoms with Gasteiger partial charge in [0.25, 0.3) is 0 Å². The number of anilines is 1. The van der Waals surface area contributed by atoms with Crippen LogP contribution in [-0.4, -0.2) is 37.4 Å². The first-order valence-corrected chi connectivity index (χ1v) is 6.62. The highest BCUT2D eigenvalue weighted by Crippen LogP contribution is 2.15. The highest BCUT2D eigenvalue weighted by Gasteiger charge is 2.27. The van der Waals surface area contributed by atoms with Crippen molar-refractivity contribution in [1.29, 1.82) is 0 Å². The summed E-state index contributed by atoms with van der Waals surface area (Å²) in [6.45, 7) is 2.77. The third-order valence-corrected chi connectivity index (χ3v) is 2.81. The number of nitrogens with two attached hydrogens (primary N) is 1. The molecule has 0 heterocycles. The largest absolute Gasteiger partial charge is 0.411 e. The summed E-state index contributed by atoms with van der Waals surface area (Å²) >= 11 is 0. The van der Waals surface area contributed by atoms with E-state index in [2.05, 4.69) is 4.74 Å². The molecule has 114 valence electrons. The number of alkyl halides is 3. The third kappa shape index (κ3) is 6.77. The van der Waals surface area contributed by atoms with E-state index in [0.29, 0.717) is 18.8 Å². The summed E-state index contributed by atoms with van der Waals surface area (Å²) < 4.78 is 40.6. The molecule has 1 aromatic carbocycles. The van der Waals surface area contributed by atoms with Crippen molar-refractivity contribution in [3.63, 3.8) is 0 Å². The highest BCUT2D eigenvalue weighted by atomic mass is 19.4. The summed E-state index contributed by atoms with van der Waals surface area (Å²) in [5, 5.41) is 0. The molecule has 0 atom stereocenters. The van der Waals surface area contributed by atoms with Crippen LogP contribution < -0.4 is 5.73 Å². The van der Waals surface area contributed by atoms with Gasteiger partial charge in [-0.3, -0.25) is 4.90 Å². The minimum absolute atomic E-state index is 0.0618. The Morgan fingerprint density at radius 3 is 2.50 bits per heavy atom. The number of hydrogen-bond acceptors (Lipinski definition) is 3. The van der Waals surface area contributed by atoms with Gasteiger partial charge in [-0.15, -0.1) is 0 Å². The number of hydrogen-bond donors (Lipinski definition) is 1. The lowest BCUT2D eigenvalue weighted by Crippen LogP contribution is -2.29. The molecule has 20 heavy (non-hydrogen) atoms. The molecule has 0 spiro atoms. The zero-order chi connectivity index (χ0) is 15.0. The molecule has 3 nitrogen and oxygen atoms in total. The molecule has 0 aliphatic rings. The van der Waals surface area contributed by atoms with E-state index in [1.54, 1.807) is 0 Å². The van der Waals surface area contributed by atoms with E-state index in [1.165, 1.54) is 0 Å². The van der Waals surface area contributed by atoms with Crippen LogP contribution in [0.4, 0.5) is 18.9 Å². The molecule has 0 aromatic heterocycles. The summed E-state index contributed by atoms with van der Waals surface area (Å²) in [7, 11) is 0. The second kappa shape index (κ2) is 8.11. The van der Waals surface area contributed by atoms with Crippen LogP contribution in [0.3, 0.4) is 0 Å². The number of rotatable bonds is 8. The van der Waals surface area contributed by atoms with Crippen molar-refractivity contribution in [2.45, 2.75) is 26.1 Å². The van der Waals surface area contributed by atoms with Gasteiger partial charge in [-0.25, -0.2) is 0 Å². The molecule has 0 aliphatic carbocycles. The summed E-state index contributed by atoms with van der Waals surface area (Å²) in [6, 6.07) is 7.50. The minimum Gasteiger partial charge on any atom is -0.398 e. The molecule has 0 aliphatic heterocycles. The van der Waals surface area contributed by atoms with Crippen LogP contribution in [0.1, 0.15) is 18.9 Å². The number of para-hydroxylation sites is 1. The first-order chi connectivity index (χ1) is 9.42. The number of halogens is 3. The molecule has 0 saturated carbocycles. The first-order valence-electron chi connectivity index (χ1n) is 6.62. The average molecular weight is 290 g/mol. The second-order valence-electron chi connectivity index (χ2n) is 4.64. The van der Waals surface area contributed by atoms with Gasteiger partial charge in [0.15, 0.2) is 0 Å². The van der Waals surface area contributed by atoms with Crippen LogP contribution in [0.5, 0.6) is 0 Å². The molecule has 1 rings (SSSR count). The van der Waals surface area contributed by atoms with E-state index in [1.807, 2.05) is 36.1 Å². The molecule has 6 heteroatoms. The van der Waals surface area contributed by atoms with E-state index in [-0.39, 0.29) is 6.61 Å². The van der Waals surface area contributed by atoms with Crippen molar-refractivity contribution in [1.82, 2.24) is 4.90 Å². The van der Waals surface area contributed by atoms with E-state index in [4.69, 9.17) is 5.73 Å². The van der Waals surface area contributed by atoms with Crippen molar-refractivity contribution in [3.05, 3.63) is 29.8 Å². The Morgan fingerprint density at radius 1 is 1.20 bits per heavy atom. The van der Waals surface area contributed by atoms with Crippen LogP contribution in [0, 0.1) is 0 Å². The van der Waals surface area contributed by atoms with Crippen molar-refractivity contribution in [2.75, 3.05) is 32.0 Å². The van der Waals surface area contributed by atoms with Crippen LogP contribution in [-0.2, 0) is 11.3 Å². The van der Waals surface area contributed by atoms with Gasteiger partial charge in [0.2, 0.25) is 0 Å². The molecule has 1 aromatic rings. The molecule has 0 fully saturated rings. The fourth-order valence-electron chi connectivity index (χ4n) is 1.89. The van der Waals surface area contributed by atoms with Crippen molar-refractivity contribution >= 4 is 5.69 Å². The lowest BCUT2D eigenvalue weighted by molar-refractivity contribution is -0.174. The fraction of sp³-hybridized carbons (Fsp3) is 0.571. The zero-order valence-electron chi connectivity index (χ0n) is 11.6. The number of benzene rings is 1. The molecular formula is C14H21F3N2O. The van der Waals surface area contributed by atoms with Gasteiger partial charge in [0.1, 0.15) is 6.61 Å². The maximum atomic E-state index is 12.0. The Kier molecular flexibility index (Phi) is 6.81. The lowest BCUT2D eigenvalue weighted by Gasteiger charge is -2.22. The summed E-state index contributed by atoms with van der Waals surface area (Å²) in [6.07, 6.45) is -3.34. The van der Waals surface area contributed by atoms with Gasteiger partial charge in [0, 0.05) is 18.8 Å². The van der Waals surface area contributed by atoms with Crippen LogP contribution in [0.15, 0.2) is 24.3 Å². The van der Waals surface area contributed by atoms with Gasteiger partial charge < -0.3 is 10.5 Å². The molecule has 0 radical (unpaired) electrons. The summed E-state index contributed by atoms with van der Waals surface area (Å²) in [5.74, 6) is 0. The topological polar surface area (TPSA) is 38.5 Å². The smallest absolute Gasteiger partial charge is 0.398 e. The van der Waals surface area contributed by atoms with E-state index < -0.39 is 12.8 Å². The number of nitrogen functional groups attached to an aromatic ring is 1. The fourth-order valence-corrected chi connectivity index (χ4v) is 1.89. The first kappa shape index (κ1) is 16.8. The number of nitrogens with zero attached hydrogens (tertiary/aromatic N) is 1. The normalized spacial score (nSPS) is 12.1. The monoisotopic (exact) mass is 290 g/mol. The Labute approximate surface area is 117 Å². The van der Waals surface area contributed by atoms with Crippen molar-refractivity contribution < 1.29 is 17.9 Å². The number of ether oxygens (including phenoxy) is 1. The van der Waals surface area contributed by atoms with Crippen LogP contribution in [0.2, 0.25) is 0 Å². The zero-order valence-corrected chi connectivity index (χ0v) is 11.6. The van der Waals surface area contributed by atoms with E-state index >= 15 is 0 Å². The Balaban J connectivity index is 2.43. The Bertz CT molecular complexity index is 396. The second-order valence-corrected chi connectivity index (χ2v) is 4.64. The quantitative estimate of drug-likeness (QED) is 0.591. The lowest BCUT2D eigenvalue weighted by atomic mass is 10.1. The third-order valence-electron chi connectivity index (χ3n) is 2.81. The molecule has 0 amide bonds. The molecule has 0 saturated heterocycles. The van der Waals surface area contributed by atoms with Gasteiger partial charge in [-0.1, -0.05) is 25.1 Å². The summed E-state index contributed by atoms with van der Waals surface area (Å²) in [4.78, 5) is 2.04. The van der Waals surface area contributed by atoms with Gasteiger partial charge in [-0.05, 0) is 24.6 Å². The highest BCUT2D eigenvalue weighted by molar-refractivity contribution is 5.46. The Hall–Kier alpha value is -1.27. The average Bonchev–Trinajstić information content (AvgIpc) is 2.36. The molecule has 2 N–H and O–H groups in total. The predicted octanol–water partition coefficient (Wildman–Crippen LogP) is 3.06. The van der Waals surface area contributed by atoms with Crippen molar-refractivity contribution in [3.8, 4) is 0 Å². The van der Waals surface area contributed by atoms with Gasteiger partial charge in [-0.2, -0.15) is 13.2 Å².